The van der Waals surface area contributed by atoms with Crippen LogP contribution < -0.4 is 5.32 Å². The predicted molar refractivity (Wildman–Crippen MR) is 102 cm³/mol. The molecule has 6 heteroatoms. The van der Waals surface area contributed by atoms with Crippen LogP contribution in [0.3, 0.4) is 0 Å². The van der Waals surface area contributed by atoms with Crippen molar-refractivity contribution < 1.29 is 13.7 Å². The van der Waals surface area contributed by atoms with Gasteiger partial charge in [-0.3, -0.25) is 4.79 Å². The van der Waals surface area contributed by atoms with Crippen molar-refractivity contribution >= 4 is 17.7 Å². The molecule has 0 unspecified atom stereocenters. The van der Waals surface area contributed by atoms with E-state index in [1.807, 2.05) is 18.2 Å². The molecule has 0 aliphatic heterocycles. The van der Waals surface area contributed by atoms with Gasteiger partial charge in [0.05, 0.1) is 5.69 Å². The van der Waals surface area contributed by atoms with Gasteiger partial charge < -0.3 is 9.84 Å². The summed E-state index contributed by atoms with van der Waals surface area (Å²) >= 11 is 1.75. The van der Waals surface area contributed by atoms with Gasteiger partial charge in [0.1, 0.15) is 11.4 Å². The highest BCUT2D eigenvalue weighted by atomic mass is 32.2. The van der Waals surface area contributed by atoms with E-state index in [1.54, 1.807) is 30.8 Å². The van der Waals surface area contributed by atoms with Crippen LogP contribution in [0.1, 0.15) is 21.6 Å². The maximum atomic E-state index is 13.5. The molecular weight excluding hydrogens is 351 g/mol. The summed E-state index contributed by atoms with van der Waals surface area (Å²) in [5.74, 6) is 1.33. The fourth-order valence-corrected chi connectivity index (χ4v) is 3.37. The van der Waals surface area contributed by atoms with Gasteiger partial charge in [0.15, 0.2) is 5.76 Å². The Kier molecular flexibility index (Phi) is 6.07. The lowest BCUT2D eigenvalue weighted by molar-refractivity contribution is 0.0956. The first-order chi connectivity index (χ1) is 12.6. The number of nitrogens with zero attached hydrogens (tertiary/aromatic N) is 1. The Morgan fingerprint density at radius 1 is 1.19 bits per heavy atom. The van der Waals surface area contributed by atoms with Crippen LogP contribution >= 0.6 is 11.8 Å². The second kappa shape index (κ2) is 8.67. The molecule has 0 spiro atoms. The predicted octanol–water partition coefficient (Wildman–Crippen LogP) is 4.45. The second-order valence-corrected chi connectivity index (χ2v) is 6.88. The Morgan fingerprint density at radius 2 is 2.00 bits per heavy atom. The molecule has 0 fully saturated rings. The summed E-state index contributed by atoms with van der Waals surface area (Å²) in [6.07, 6.45) is 0. The van der Waals surface area contributed by atoms with Gasteiger partial charge in [0.2, 0.25) is 0 Å². The van der Waals surface area contributed by atoms with E-state index in [1.165, 1.54) is 17.7 Å². The van der Waals surface area contributed by atoms with Gasteiger partial charge in [-0.1, -0.05) is 47.6 Å². The average molecular weight is 370 g/mol. The molecule has 26 heavy (non-hydrogen) atoms. The zero-order valence-electron chi connectivity index (χ0n) is 14.4. The van der Waals surface area contributed by atoms with Crippen molar-refractivity contribution in [2.75, 3.05) is 12.3 Å². The molecule has 0 radical (unpaired) electrons. The number of nitrogens with one attached hydrogen (secondary N) is 1. The molecule has 0 aliphatic rings. The first-order valence-corrected chi connectivity index (χ1v) is 9.42. The van der Waals surface area contributed by atoms with Gasteiger partial charge in [-0.2, -0.15) is 11.8 Å². The molecule has 1 amide bonds. The number of rotatable bonds is 7. The molecule has 3 aromatic rings. The number of thioether (sulfide) groups is 1. The highest BCUT2D eigenvalue weighted by Crippen LogP contribution is 2.26. The van der Waals surface area contributed by atoms with Gasteiger partial charge >= 0.3 is 0 Å². The maximum absolute atomic E-state index is 13.5. The Morgan fingerprint density at radius 3 is 2.77 bits per heavy atom. The van der Waals surface area contributed by atoms with Crippen LogP contribution in [0.15, 0.2) is 59.1 Å². The van der Waals surface area contributed by atoms with Crippen molar-refractivity contribution in [3.63, 3.8) is 0 Å². The molecule has 0 saturated carbocycles. The van der Waals surface area contributed by atoms with E-state index in [9.17, 15) is 9.18 Å². The van der Waals surface area contributed by atoms with Crippen LogP contribution in [0, 0.1) is 12.7 Å². The summed E-state index contributed by atoms with van der Waals surface area (Å²) in [7, 11) is 0. The Balaban J connectivity index is 1.57. The summed E-state index contributed by atoms with van der Waals surface area (Å²) in [5, 5.41) is 6.75. The number of hydrogen-bond donors (Lipinski definition) is 1. The zero-order chi connectivity index (χ0) is 18.4. The van der Waals surface area contributed by atoms with E-state index in [0.717, 1.165) is 11.5 Å². The number of halogens is 1. The van der Waals surface area contributed by atoms with Gasteiger partial charge in [0.25, 0.3) is 5.91 Å². The first-order valence-electron chi connectivity index (χ1n) is 8.27. The van der Waals surface area contributed by atoms with E-state index >= 15 is 0 Å². The number of aryl methyl sites for hydroxylation is 1. The van der Waals surface area contributed by atoms with Gasteiger partial charge in [-0.05, 0) is 24.6 Å². The van der Waals surface area contributed by atoms with Crippen molar-refractivity contribution in [2.45, 2.75) is 12.7 Å². The fraction of sp³-hybridized carbons (Fsp3) is 0.200. The van der Waals surface area contributed by atoms with Crippen molar-refractivity contribution in [1.29, 1.82) is 0 Å². The molecule has 0 saturated heterocycles. The minimum absolute atomic E-state index is 0.261. The average Bonchev–Trinajstić information content (AvgIpc) is 3.04. The largest absolute Gasteiger partial charge is 0.355 e. The smallest absolute Gasteiger partial charge is 0.257 e. The normalized spacial score (nSPS) is 10.7. The highest BCUT2D eigenvalue weighted by molar-refractivity contribution is 7.98. The standard InChI is InChI=1S/C20H19FN2O2S/c1-14-18(19(25-23-14)16-8-5-9-17(21)12-16)20(24)22-10-11-26-13-15-6-3-2-4-7-15/h2-9,12H,10-11,13H2,1H3,(H,22,24). The minimum atomic E-state index is -0.389. The molecule has 0 atom stereocenters. The quantitative estimate of drug-likeness (QED) is 0.624. The van der Waals surface area contributed by atoms with Crippen LogP contribution in [-0.2, 0) is 5.75 Å². The number of hydrogen-bond acceptors (Lipinski definition) is 4. The summed E-state index contributed by atoms with van der Waals surface area (Å²) < 4.78 is 18.7. The molecule has 0 aliphatic carbocycles. The Hall–Kier alpha value is -2.60. The van der Waals surface area contributed by atoms with Crippen molar-refractivity contribution in [2.24, 2.45) is 0 Å². The van der Waals surface area contributed by atoms with E-state index in [0.29, 0.717) is 23.4 Å². The Bertz CT molecular complexity index is 881. The third kappa shape index (κ3) is 4.52. The van der Waals surface area contributed by atoms with Crippen LogP contribution in [0.2, 0.25) is 0 Å². The molecule has 134 valence electrons. The Labute approximate surface area is 155 Å². The zero-order valence-corrected chi connectivity index (χ0v) is 15.2. The first kappa shape index (κ1) is 18.2. The molecule has 4 nitrogen and oxygen atoms in total. The van der Waals surface area contributed by atoms with Crippen LogP contribution in [-0.4, -0.2) is 23.4 Å². The van der Waals surface area contributed by atoms with Crippen LogP contribution in [0.4, 0.5) is 4.39 Å². The van der Waals surface area contributed by atoms with Crippen molar-refractivity contribution in [3.05, 3.63) is 77.2 Å². The lowest BCUT2D eigenvalue weighted by atomic mass is 10.1. The lowest BCUT2D eigenvalue weighted by Crippen LogP contribution is -2.26. The van der Waals surface area contributed by atoms with Crippen molar-refractivity contribution in [3.8, 4) is 11.3 Å². The second-order valence-electron chi connectivity index (χ2n) is 5.78. The third-order valence-corrected chi connectivity index (χ3v) is 4.85. The van der Waals surface area contributed by atoms with Crippen LogP contribution in [0.5, 0.6) is 0 Å². The molecule has 0 bridgehead atoms. The van der Waals surface area contributed by atoms with E-state index in [2.05, 4.69) is 22.6 Å². The fourth-order valence-electron chi connectivity index (χ4n) is 2.55. The van der Waals surface area contributed by atoms with E-state index < -0.39 is 0 Å². The minimum Gasteiger partial charge on any atom is -0.355 e. The summed E-state index contributed by atoms with van der Waals surface area (Å²) in [6, 6.07) is 16.1. The lowest BCUT2D eigenvalue weighted by Gasteiger charge is -2.06. The molecule has 1 aromatic heterocycles. The molecule has 3 rings (SSSR count). The highest BCUT2D eigenvalue weighted by Gasteiger charge is 2.21. The van der Waals surface area contributed by atoms with E-state index in [4.69, 9.17) is 4.52 Å². The van der Waals surface area contributed by atoms with Gasteiger partial charge in [0, 0.05) is 23.6 Å². The monoisotopic (exact) mass is 370 g/mol. The van der Waals surface area contributed by atoms with E-state index in [-0.39, 0.29) is 17.5 Å². The third-order valence-electron chi connectivity index (χ3n) is 3.82. The molecule has 1 heterocycles. The maximum Gasteiger partial charge on any atom is 0.257 e. The summed E-state index contributed by atoms with van der Waals surface area (Å²) in [5.41, 5.74) is 2.59. The summed E-state index contributed by atoms with van der Waals surface area (Å²) in [6.45, 7) is 2.23. The topological polar surface area (TPSA) is 55.1 Å². The molecular formula is C20H19FN2O2S. The number of carbonyl (C=O) groups is 1. The number of carbonyl (C=O) groups excluding carboxylic acids is 1. The molecule has 1 N–H and O–H groups in total. The number of amides is 1. The number of aromatic nitrogens is 1. The van der Waals surface area contributed by atoms with Gasteiger partial charge in [-0.15, -0.1) is 0 Å². The van der Waals surface area contributed by atoms with Crippen LogP contribution in [0.25, 0.3) is 11.3 Å². The number of benzene rings is 2. The summed E-state index contributed by atoms with van der Waals surface area (Å²) in [4.78, 5) is 12.5. The SMILES string of the molecule is Cc1noc(-c2cccc(F)c2)c1C(=O)NCCSCc1ccccc1. The van der Waals surface area contributed by atoms with Crippen molar-refractivity contribution in [1.82, 2.24) is 10.5 Å². The molecule has 2 aromatic carbocycles. The van der Waals surface area contributed by atoms with Gasteiger partial charge in [-0.25, -0.2) is 4.39 Å².